The third-order valence-corrected chi connectivity index (χ3v) is 3.63. The predicted octanol–water partition coefficient (Wildman–Crippen LogP) is 2.92. The van der Waals surface area contributed by atoms with Crippen LogP contribution in [0.15, 0.2) is 5.38 Å². The number of hydrogen-bond acceptors (Lipinski definition) is 4. The van der Waals surface area contributed by atoms with E-state index in [2.05, 4.69) is 32.7 Å². The average molecular weight is 283 g/mol. The van der Waals surface area contributed by atoms with E-state index in [4.69, 9.17) is 5.73 Å². The molecule has 1 aromatic rings. The summed E-state index contributed by atoms with van der Waals surface area (Å²) in [5.74, 6) is 0.925. The monoisotopic (exact) mass is 283 g/mol. The van der Waals surface area contributed by atoms with Crippen LogP contribution in [-0.4, -0.2) is 28.9 Å². The van der Waals surface area contributed by atoms with Gasteiger partial charge in [0.15, 0.2) is 0 Å². The summed E-state index contributed by atoms with van der Waals surface area (Å²) in [5, 5.41) is 2.63. The fourth-order valence-electron chi connectivity index (χ4n) is 1.88. The first kappa shape index (κ1) is 16.1. The summed E-state index contributed by atoms with van der Waals surface area (Å²) in [5.41, 5.74) is 6.31. The van der Waals surface area contributed by atoms with Crippen molar-refractivity contribution in [1.82, 2.24) is 9.88 Å². The Kier molecular flexibility index (Phi) is 5.94. The van der Waals surface area contributed by atoms with Crippen molar-refractivity contribution in [3.63, 3.8) is 0 Å². The molecule has 19 heavy (non-hydrogen) atoms. The first-order chi connectivity index (χ1) is 8.81. The number of aromatic nitrogens is 1. The molecule has 0 aliphatic carbocycles. The van der Waals surface area contributed by atoms with E-state index < -0.39 is 0 Å². The van der Waals surface area contributed by atoms with Gasteiger partial charge < -0.3 is 10.6 Å². The molecular formula is C14H25N3OS. The van der Waals surface area contributed by atoms with Crippen LogP contribution in [0.25, 0.3) is 0 Å². The Morgan fingerprint density at radius 2 is 1.79 bits per heavy atom. The zero-order valence-corrected chi connectivity index (χ0v) is 13.3. The highest BCUT2D eigenvalue weighted by Crippen LogP contribution is 2.18. The molecule has 0 saturated heterocycles. The molecule has 1 rings (SSSR count). The first-order valence-corrected chi connectivity index (χ1v) is 7.69. The van der Waals surface area contributed by atoms with Gasteiger partial charge in [0.2, 0.25) is 0 Å². The Morgan fingerprint density at radius 3 is 2.16 bits per heavy atom. The van der Waals surface area contributed by atoms with Crippen LogP contribution in [0.4, 0.5) is 0 Å². The summed E-state index contributed by atoms with van der Waals surface area (Å²) in [6, 6.07) is -0.116. The zero-order valence-electron chi connectivity index (χ0n) is 12.5. The molecule has 1 aromatic heterocycles. The lowest BCUT2D eigenvalue weighted by molar-refractivity contribution is 0.0710. The van der Waals surface area contributed by atoms with Crippen molar-refractivity contribution < 1.29 is 4.79 Å². The van der Waals surface area contributed by atoms with Gasteiger partial charge in [-0.05, 0) is 18.8 Å². The molecule has 0 radical (unpaired) electrons. The molecule has 1 unspecified atom stereocenters. The highest BCUT2D eigenvalue weighted by atomic mass is 32.1. The van der Waals surface area contributed by atoms with E-state index in [0.29, 0.717) is 17.5 Å². The summed E-state index contributed by atoms with van der Waals surface area (Å²) in [7, 11) is 0. The molecule has 0 fully saturated rings. The van der Waals surface area contributed by atoms with Gasteiger partial charge in [-0.3, -0.25) is 4.79 Å². The molecule has 0 aliphatic rings. The van der Waals surface area contributed by atoms with Crippen molar-refractivity contribution >= 4 is 17.2 Å². The number of hydrogen-bond donors (Lipinski definition) is 1. The van der Waals surface area contributed by atoms with E-state index in [-0.39, 0.29) is 11.9 Å². The fraction of sp³-hybridized carbons (Fsp3) is 0.714. The number of carbonyl (C=O) groups excluding carboxylic acids is 1. The van der Waals surface area contributed by atoms with Crippen molar-refractivity contribution in [2.45, 2.75) is 40.7 Å². The summed E-state index contributed by atoms with van der Waals surface area (Å²) >= 11 is 1.46. The fourth-order valence-corrected chi connectivity index (χ4v) is 2.63. The van der Waals surface area contributed by atoms with Gasteiger partial charge in [0.1, 0.15) is 10.7 Å². The maximum atomic E-state index is 12.5. The van der Waals surface area contributed by atoms with E-state index >= 15 is 0 Å². The third-order valence-electron chi connectivity index (χ3n) is 2.59. The number of thiazole rings is 1. The highest BCUT2D eigenvalue weighted by Gasteiger charge is 2.21. The van der Waals surface area contributed by atoms with E-state index in [0.717, 1.165) is 18.1 Å². The van der Waals surface area contributed by atoms with E-state index in [9.17, 15) is 4.79 Å². The van der Waals surface area contributed by atoms with Crippen LogP contribution in [0.1, 0.15) is 56.2 Å². The van der Waals surface area contributed by atoms with E-state index in [1.165, 1.54) is 11.3 Å². The molecule has 0 aromatic carbocycles. The second-order valence-corrected chi connectivity index (χ2v) is 6.75. The van der Waals surface area contributed by atoms with Gasteiger partial charge in [-0.25, -0.2) is 4.98 Å². The number of nitrogens with two attached hydrogens (primary N) is 1. The molecule has 0 saturated carbocycles. The second-order valence-electron chi connectivity index (χ2n) is 5.86. The Bertz CT molecular complexity index is 403. The van der Waals surface area contributed by atoms with E-state index in [1.807, 2.05) is 17.2 Å². The molecule has 2 N–H and O–H groups in total. The van der Waals surface area contributed by atoms with Gasteiger partial charge in [-0.2, -0.15) is 0 Å². The molecule has 0 aliphatic heterocycles. The lowest BCUT2D eigenvalue weighted by Gasteiger charge is -2.25. The van der Waals surface area contributed by atoms with Crippen LogP contribution in [0, 0.1) is 11.8 Å². The zero-order chi connectivity index (χ0) is 14.6. The predicted molar refractivity (Wildman–Crippen MR) is 80.3 cm³/mol. The minimum Gasteiger partial charge on any atom is -0.337 e. The maximum absolute atomic E-state index is 12.5. The molecule has 1 heterocycles. The minimum atomic E-state index is -0.116. The molecule has 1 atom stereocenters. The number of amides is 1. The molecular weight excluding hydrogens is 258 g/mol. The quantitative estimate of drug-likeness (QED) is 0.873. The van der Waals surface area contributed by atoms with Crippen molar-refractivity contribution in [2.24, 2.45) is 17.6 Å². The van der Waals surface area contributed by atoms with E-state index in [1.54, 1.807) is 0 Å². The Hall–Kier alpha value is -0.940. The van der Waals surface area contributed by atoms with Gasteiger partial charge in [-0.15, -0.1) is 11.3 Å². The molecule has 0 spiro atoms. The standard InChI is InChI=1S/C14H25N3OS/c1-9(2)6-17(7-10(3)4)14(18)12-8-19-13(16-12)11(5)15/h8-11H,6-7,15H2,1-5H3. The first-order valence-electron chi connectivity index (χ1n) is 6.81. The van der Waals surface area contributed by atoms with Crippen molar-refractivity contribution in [3.05, 3.63) is 16.1 Å². The minimum absolute atomic E-state index is 0.0190. The van der Waals surface area contributed by atoms with Crippen LogP contribution in [0.2, 0.25) is 0 Å². The van der Waals surface area contributed by atoms with Gasteiger partial charge in [0.05, 0.1) is 6.04 Å². The second kappa shape index (κ2) is 7.01. The summed E-state index contributed by atoms with van der Waals surface area (Å²) in [4.78, 5) is 18.7. The highest BCUT2D eigenvalue weighted by molar-refractivity contribution is 7.09. The topological polar surface area (TPSA) is 59.2 Å². The molecule has 108 valence electrons. The Balaban J connectivity index is 2.84. The van der Waals surface area contributed by atoms with Crippen LogP contribution < -0.4 is 5.73 Å². The Labute approximate surface area is 120 Å². The summed E-state index contributed by atoms with van der Waals surface area (Å²) in [6.45, 7) is 11.9. The van der Waals surface area contributed by atoms with Crippen LogP contribution in [0.3, 0.4) is 0 Å². The molecule has 5 heteroatoms. The lowest BCUT2D eigenvalue weighted by atomic mass is 10.1. The Morgan fingerprint density at radius 1 is 1.26 bits per heavy atom. The largest absolute Gasteiger partial charge is 0.337 e. The van der Waals surface area contributed by atoms with Crippen molar-refractivity contribution in [1.29, 1.82) is 0 Å². The van der Waals surface area contributed by atoms with Crippen LogP contribution in [-0.2, 0) is 0 Å². The number of carbonyl (C=O) groups is 1. The van der Waals surface area contributed by atoms with Gasteiger partial charge in [0.25, 0.3) is 5.91 Å². The van der Waals surface area contributed by atoms with Crippen LogP contribution in [0.5, 0.6) is 0 Å². The number of rotatable bonds is 6. The normalized spacial score (nSPS) is 13.1. The summed E-state index contributed by atoms with van der Waals surface area (Å²) in [6.07, 6.45) is 0. The van der Waals surface area contributed by atoms with Crippen molar-refractivity contribution in [3.8, 4) is 0 Å². The number of nitrogens with zero attached hydrogens (tertiary/aromatic N) is 2. The molecule has 4 nitrogen and oxygen atoms in total. The maximum Gasteiger partial charge on any atom is 0.273 e. The molecule has 1 amide bonds. The van der Waals surface area contributed by atoms with Crippen molar-refractivity contribution in [2.75, 3.05) is 13.1 Å². The van der Waals surface area contributed by atoms with Gasteiger partial charge in [-0.1, -0.05) is 27.7 Å². The third kappa shape index (κ3) is 4.91. The SMILES string of the molecule is CC(C)CN(CC(C)C)C(=O)c1csc(C(C)N)n1. The average Bonchev–Trinajstić information content (AvgIpc) is 2.75. The smallest absolute Gasteiger partial charge is 0.273 e. The van der Waals surface area contributed by atoms with Crippen LogP contribution >= 0.6 is 11.3 Å². The summed E-state index contributed by atoms with van der Waals surface area (Å²) < 4.78 is 0. The lowest BCUT2D eigenvalue weighted by Crippen LogP contribution is -2.37. The molecule has 0 bridgehead atoms. The van der Waals surface area contributed by atoms with Gasteiger partial charge in [0, 0.05) is 18.5 Å². The van der Waals surface area contributed by atoms with Gasteiger partial charge >= 0.3 is 0 Å².